The Labute approximate surface area is 106 Å². The average Bonchev–Trinajstić information content (AvgIpc) is 2.85. The first-order valence-corrected chi connectivity index (χ1v) is 6.02. The van der Waals surface area contributed by atoms with Crippen molar-refractivity contribution in [2.75, 3.05) is 6.54 Å². The molecule has 1 saturated heterocycles. The summed E-state index contributed by atoms with van der Waals surface area (Å²) in [5.74, 6) is -0.0796. The molecule has 5 nitrogen and oxygen atoms in total. The second-order valence-electron chi connectivity index (χ2n) is 4.35. The van der Waals surface area contributed by atoms with Crippen molar-refractivity contribution in [3.63, 3.8) is 0 Å². The normalized spacial score (nSPS) is 19.6. The summed E-state index contributed by atoms with van der Waals surface area (Å²) < 4.78 is 1.69. The van der Waals surface area contributed by atoms with Gasteiger partial charge < -0.3 is 10.6 Å². The molecule has 1 aliphatic rings. The van der Waals surface area contributed by atoms with E-state index in [4.69, 9.17) is 18.0 Å². The Balaban J connectivity index is 2.22. The predicted molar refractivity (Wildman–Crippen MR) is 68.8 cm³/mol. The van der Waals surface area contributed by atoms with Gasteiger partial charge in [0.1, 0.15) is 0 Å². The summed E-state index contributed by atoms with van der Waals surface area (Å²) in [5.41, 5.74) is 7.07. The van der Waals surface area contributed by atoms with Crippen LogP contribution in [0, 0.1) is 6.92 Å². The summed E-state index contributed by atoms with van der Waals surface area (Å²) >= 11 is 4.99. The van der Waals surface area contributed by atoms with Crippen molar-refractivity contribution in [1.82, 2.24) is 14.7 Å². The van der Waals surface area contributed by atoms with E-state index >= 15 is 0 Å². The number of aromatic nitrogens is 2. The zero-order valence-electron chi connectivity index (χ0n) is 10.0. The number of likely N-dealkylation sites (tertiary alicyclic amines) is 1. The summed E-state index contributed by atoms with van der Waals surface area (Å²) in [7, 11) is 1.82. The van der Waals surface area contributed by atoms with Gasteiger partial charge in [-0.1, -0.05) is 12.2 Å². The lowest BCUT2D eigenvalue weighted by Gasteiger charge is -2.22. The molecule has 0 aliphatic carbocycles. The maximum absolute atomic E-state index is 12.3. The molecule has 2 heterocycles. The number of hydrogen-bond donors (Lipinski definition) is 1. The Hall–Kier alpha value is -1.43. The highest BCUT2D eigenvalue weighted by Crippen LogP contribution is 2.20. The fourth-order valence-electron chi connectivity index (χ4n) is 2.12. The fourth-order valence-corrected chi connectivity index (χ4v) is 2.36. The van der Waals surface area contributed by atoms with Gasteiger partial charge in [0.25, 0.3) is 5.91 Å². The molecule has 1 atom stereocenters. The SMILES string of the molecule is Cc1cc(C(=O)N2CCCC2C(N)=S)nn1C. The molecular weight excluding hydrogens is 236 g/mol. The summed E-state index contributed by atoms with van der Waals surface area (Å²) in [6, 6.07) is 1.68. The van der Waals surface area contributed by atoms with E-state index in [1.165, 1.54) is 0 Å². The van der Waals surface area contributed by atoms with Gasteiger partial charge in [0.2, 0.25) is 0 Å². The van der Waals surface area contributed by atoms with Crippen molar-refractivity contribution in [2.24, 2.45) is 12.8 Å². The van der Waals surface area contributed by atoms with Gasteiger partial charge in [-0.2, -0.15) is 5.10 Å². The third-order valence-corrected chi connectivity index (χ3v) is 3.45. The van der Waals surface area contributed by atoms with E-state index in [0.717, 1.165) is 18.5 Å². The van der Waals surface area contributed by atoms with Gasteiger partial charge in [0.05, 0.1) is 11.0 Å². The molecule has 1 aromatic heterocycles. The summed E-state index contributed by atoms with van der Waals surface area (Å²) in [6.45, 7) is 2.62. The van der Waals surface area contributed by atoms with Crippen molar-refractivity contribution in [3.05, 3.63) is 17.5 Å². The van der Waals surface area contributed by atoms with Crippen LogP contribution in [0.3, 0.4) is 0 Å². The molecule has 92 valence electrons. The minimum atomic E-state index is -0.111. The minimum Gasteiger partial charge on any atom is -0.392 e. The van der Waals surface area contributed by atoms with Crippen molar-refractivity contribution in [1.29, 1.82) is 0 Å². The van der Waals surface area contributed by atoms with Gasteiger partial charge in [0.15, 0.2) is 5.69 Å². The first kappa shape index (κ1) is 12.0. The Morgan fingerprint density at radius 1 is 1.65 bits per heavy atom. The number of nitrogens with two attached hydrogens (primary N) is 1. The first-order chi connectivity index (χ1) is 8.00. The number of carbonyl (C=O) groups excluding carboxylic acids is 1. The van der Waals surface area contributed by atoms with Crippen LogP contribution < -0.4 is 5.73 Å². The van der Waals surface area contributed by atoms with Crippen molar-refractivity contribution < 1.29 is 4.79 Å². The topological polar surface area (TPSA) is 64.2 Å². The quantitative estimate of drug-likeness (QED) is 0.784. The molecule has 1 fully saturated rings. The number of hydrogen-bond acceptors (Lipinski definition) is 3. The van der Waals surface area contributed by atoms with Crippen molar-refractivity contribution in [3.8, 4) is 0 Å². The highest BCUT2D eigenvalue weighted by atomic mass is 32.1. The van der Waals surface area contributed by atoms with E-state index in [2.05, 4.69) is 5.10 Å². The molecule has 2 N–H and O–H groups in total. The molecule has 0 bridgehead atoms. The lowest BCUT2D eigenvalue weighted by Crippen LogP contribution is -2.43. The number of thiocarbonyl (C=S) groups is 1. The summed E-state index contributed by atoms with van der Waals surface area (Å²) in [6.07, 6.45) is 1.80. The van der Waals surface area contributed by atoms with Crippen LogP contribution in [0.2, 0.25) is 0 Å². The van der Waals surface area contributed by atoms with Crippen molar-refractivity contribution >= 4 is 23.1 Å². The van der Waals surface area contributed by atoms with Gasteiger partial charge in [-0.25, -0.2) is 0 Å². The molecule has 1 amide bonds. The van der Waals surface area contributed by atoms with Gasteiger partial charge in [-0.05, 0) is 25.8 Å². The molecular formula is C11H16N4OS. The monoisotopic (exact) mass is 252 g/mol. The van der Waals surface area contributed by atoms with E-state index in [0.29, 0.717) is 17.2 Å². The highest BCUT2D eigenvalue weighted by molar-refractivity contribution is 7.80. The Bertz CT molecular complexity index is 449. The predicted octanol–water partition coefficient (Wildman–Crippen LogP) is 0.619. The highest BCUT2D eigenvalue weighted by Gasteiger charge is 2.32. The molecule has 0 aromatic carbocycles. The van der Waals surface area contributed by atoms with Gasteiger partial charge in [0, 0.05) is 19.3 Å². The second-order valence-corrected chi connectivity index (χ2v) is 4.82. The Morgan fingerprint density at radius 3 is 2.88 bits per heavy atom. The Kier molecular flexibility index (Phi) is 3.15. The van der Waals surface area contributed by atoms with Crippen LogP contribution in [0.1, 0.15) is 29.0 Å². The molecule has 6 heteroatoms. The lowest BCUT2D eigenvalue weighted by atomic mass is 10.2. The molecule has 1 unspecified atom stereocenters. The van der Waals surface area contributed by atoms with E-state index in [9.17, 15) is 4.79 Å². The largest absolute Gasteiger partial charge is 0.392 e. The summed E-state index contributed by atoms with van der Waals surface area (Å²) in [5, 5.41) is 4.19. The maximum Gasteiger partial charge on any atom is 0.274 e. The third kappa shape index (κ3) is 2.17. The fraction of sp³-hybridized carbons (Fsp3) is 0.545. The number of carbonyl (C=O) groups is 1. The van der Waals surface area contributed by atoms with E-state index < -0.39 is 0 Å². The standard InChI is InChI=1S/C11H16N4OS/c1-7-6-8(13-14(7)2)11(16)15-5-3-4-9(15)10(12)17/h6,9H,3-5H2,1-2H3,(H2,12,17). The summed E-state index contributed by atoms with van der Waals surface area (Å²) in [4.78, 5) is 14.4. The Morgan fingerprint density at radius 2 is 2.35 bits per heavy atom. The zero-order valence-corrected chi connectivity index (χ0v) is 10.8. The number of rotatable bonds is 2. The van der Waals surface area contributed by atoms with Crippen LogP contribution in [0.5, 0.6) is 0 Å². The zero-order chi connectivity index (χ0) is 12.6. The third-order valence-electron chi connectivity index (χ3n) is 3.17. The van der Waals surface area contributed by atoms with E-state index in [1.807, 2.05) is 14.0 Å². The van der Waals surface area contributed by atoms with Crippen LogP contribution in [-0.2, 0) is 7.05 Å². The van der Waals surface area contributed by atoms with E-state index in [-0.39, 0.29) is 11.9 Å². The van der Waals surface area contributed by atoms with Crippen LogP contribution in [0.15, 0.2) is 6.07 Å². The lowest BCUT2D eigenvalue weighted by molar-refractivity contribution is 0.0763. The molecule has 17 heavy (non-hydrogen) atoms. The molecule has 1 aromatic rings. The van der Waals surface area contributed by atoms with Gasteiger partial charge in [-0.3, -0.25) is 9.48 Å². The molecule has 0 spiro atoms. The van der Waals surface area contributed by atoms with E-state index in [1.54, 1.807) is 15.6 Å². The molecule has 1 aliphatic heterocycles. The number of aryl methyl sites for hydroxylation is 2. The number of amides is 1. The smallest absolute Gasteiger partial charge is 0.274 e. The molecule has 0 saturated carbocycles. The van der Waals surface area contributed by atoms with Crippen LogP contribution in [0.4, 0.5) is 0 Å². The maximum atomic E-state index is 12.3. The van der Waals surface area contributed by atoms with Crippen LogP contribution in [0.25, 0.3) is 0 Å². The van der Waals surface area contributed by atoms with Crippen LogP contribution in [-0.4, -0.2) is 38.2 Å². The van der Waals surface area contributed by atoms with Crippen molar-refractivity contribution in [2.45, 2.75) is 25.8 Å². The average molecular weight is 252 g/mol. The minimum absolute atomic E-state index is 0.0796. The van der Waals surface area contributed by atoms with Gasteiger partial charge >= 0.3 is 0 Å². The molecule has 2 rings (SSSR count). The van der Waals surface area contributed by atoms with Crippen LogP contribution >= 0.6 is 12.2 Å². The first-order valence-electron chi connectivity index (χ1n) is 5.61. The second kappa shape index (κ2) is 4.44. The van der Waals surface area contributed by atoms with Gasteiger partial charge in [-0.15, -0.1) is 0 Å². The molecule has 0 radical (unpaired) electrons. The number of nitrogens with zero attached hydrogens (tertiary/aromatic N) is 3.